The zero-order valence-corrected chi connectivity index (χ0v) is 21.4. The number of nitrogens with zero attached hydrogens (tertiary/aromatic N) is 1. The average molecular weight is 500 g/mol. The van der Waals surface area contributed by atoms with Gasteiger partial charge in [-0.25, -0.2) is 0 Å². The molecule has 3 amide bonds. The normalized spacial score (nSPS) is 20.3. The zero-order valence-electron chi connectivity index (χ0n) is 20.7. The fourth-order valence-corrected chi connectivity index (χ4v) is 4.68. The molecule has 1 fully saturated rings. The van der Waals surface area contributed by atoms with Crippen LogP contribution in [0, 0.1) is 11.3 Å². The summed E-state index contributed by atoms with van der Waals surface area (Å²) < 4.78 is 0. The number of aliphatic hydroxyl groups is 1. The van der Waals surface area contributed by atoms with Gasteiger partial charge in [0, 0.05) is 29.1 Å². The highest BCUT2D eigenvalue weighted by Crippen LogP contribution is 2.46. The predicted molar refractivity (Wildman–Crippen MR) is 136 cm³/mol. The smallest absolute Gasteiger partial charge is 0.251 e. The molecular weight excluding hydrogens is 466 g/mol. The van der Waals surface area contributed by atoms with E-state index in [1.54, 1.807) is 47.4 Å². The largest absolute Gasteiger partial charge is 0.384 e. The molecule has 3 N–H and O–H groups in total. The van der Waals surface area contributed by atoms with Crippen molar-refractivity contribution in [2.75, 3.05) is 19.6 Å². The average Bonchev–Trinajstić information content (AvgIpc) is 2.83. The van der Waals surface area contributed by atoms with E-state index < -0.39 is 23.0 Å². The van der Waals surface area contributed by atoms with Crippen molar-refractivity contribution in [1.82, 2.24) is 15.5 Å². The van der Waals surface area contributed by atoms with E-state index in [1.807, 2.05) is 39.8 Å². The second kappa shape index (κ2) is 10.8. The maximum absolute atomic E-state index is 13.4. The van der Waals surface area contributed by atoms with Crippen molar-refractivity contribution in [2.45, 2.75) is 45.8 Å². The lowest BCUT2D eigenvalue weighted by molar-refractivity contribution is -0.156. The first kappa shape index (κ1) is 26.7. The Morgan fingerprint density at radius 3 is 2.26 bits per heavy atom. The summed E-state index contributed by atoms with van der Waals surface area (Å²) >= 11 is 6.02. The van der Waals surface area contributed by atoms with Crippen molar-refractivity contribution in [3.63, 3.8) is 0 Å². The lowest BCUT2D eigenvalue weighted by Crippen LogP contribution is -2.61. The SMILES string of the molecule is CC(C)[C@@H](NC(=O)CNC(=O)c1ccccc1)C(=O)N1CC[C@](O)(c2ccc(Cl)cc2)C(C)(C)C1. The number of hydrogen-bond acceptors (Lipinski definition) is 4. The molecule has 1 aliphatic heterocycles. The van der Waals surface area contributed by atoms with Crippen molar-refractivity contribution in [1.29, 1.82) is 0 Å². The van der Waals surface area contributed by atoms with Crippen LogP contribution >= 0.6 is 11.6 Å². The lowest BCUT2D eigenvalue weighted by atomic mass is 9.66. The van der Waals surface area contributed by atoms with Crippen LogP contribution in [0.15, 0.2) is 54.6 Å². The Morgan fingerprint density at radius 1 is 1.06 bits per heavy atom. The first-order valence-corrected chi connectivity index (χ1v) is 12.2. The van der Waals surface area contributed by atoms with Gasteiger partial charge in [0.05, 0.1) is 12.1 Å². The van der Waals surface area contributed by atoms with Crippen LogP contribution in [-0.4, -0.2) is 53.4 Å². The van der Waals surface area contributed by atoms with E-state index in [0.29, 0.717) is 30.1 Å². The van der Waals surface area contributed by atoms with Crippen molar-refractivity contribution < 1.29 is 19.5 Å². The third kappa shape index (κ3) is 6.03. The molecule has 8 heteroatoms. The molecule has 0 unspecified atom stereocenters. The number of piperidine rings is 1. The van der Waals surface area contributed by atoms with E-state index in [9.17, 15) is 19.5 Å². The van der Waals surface area contributed by atoms with Crippen LogP contribution in [-0.2, 0) is 15.2 Å². The molecule has 35 heavy (non-hydrogen) atoms. The Bertz CT molecular complexity index is 1060. The van der Waals surface area contributed by atoms with E-state index in [2.05, 4.69) is 10.6 Å². The van der Waals surface area contributed by atoms with Gasteiger partial charge in [-0.1, -0.05) is 69.6 Å². The van der Waals surface area contributed by atoms with Crippen LogP contribution in [0.3, 0.4) is 0 Å². The summed E-state index contributed by atoms with van der Waals surface area (Å²) in [5.74, 6) is -1.15. The topological polar surface area (TPSA) is 98.7 Å². The summed E-state index contributed by atoms with van der Waals surface area (Å²) in [5.41, 5.74) is -0.529. The van der Waals surface area contributed by atoms with Crippen molar-refractivity contribution in [3.05, 3.63) is 70.7 Å². The van der Waals surface area contributed by atoms with Crippen molar-refractivity contribution in [2.24, 2.45) is 11.3 Å². The molecule has 2 aromatic carbocycles. The number of amides is 3. The third-order valence-corrected chi connectivity index (χ3v) is 7.03. The predicted octanol–water partition coefficient (Wildman–Crippen LogP) is 3.36. The van der Waals surface area contributed by atoms with Crippen LogP contribution in [0.2, 0.25) is 5.02 Å². The number of hydrogen-bond donors (Lipinski definition) is 3. The van der Waals surface area contributed by atoms with Crippen LogP contribution in [0.5, 0.6) is 0 Å². The maximum Gasteiger partial charge on any atom is 0.251 e. The number of halogens is 1. The summed E-state index contributed by atoms with van der Waals surface area (Å²) in [6.45, 7) is 8.05. The molecule has 0 saturated carbocycles. The van der Waals surface area contributed by atoms with E-state index in [0.717, 1.165) is 5.56 Å². The number of nitrogens with one attached hydrogen (secondary N) is 2. The zero-order chi connectivity index (χ0) is 25.8. The first-order chi connectivity index (χ1) is 16.4. The number of carbonyl (C=O) groups is 3. The standard InChI is InChI=1S/C27H34ClN3O4/c1-18(2)23(30-22(32)16-29-24(33)19-8-6-5-7-9-19)25(34)31-15-14-27(35,26(3,4)17-31)20-10-12-21(28)13-11-20/h5-13,18,23,35H,14-17H2,1-4H3,(H,29,33)(H,30,32)/t23-,27+/m1/s1. The molecular formula is C27H34ClN3O4. The summed E-state index contributed by atoms with van der Waals surface area (Å²) in [6, 6.07) is 15.0. The number of carbonyl (C=O) groups excluding carboxylic acids is 3. The van der Waals surface area contributed by atoms with E-state index >= 15 is 0 Å². The molecule has 1 aliphatic rings. The molecule has 2 atom stereocenters. The van der Waals surface area contributed by atoms with Crippen LogP contribution in [0.25, 0.3) is 0 Å². The summed E-state index contributed by atoms with van der Waals surface area (Å²) in [4.78, 5) is 39.9. The van der Waals surface area contributed by atoms with Gasteiger partial charge in [-0.3, -0.25) is 14.4 Å². The number of benzene rings is 2. The third-order valence-electron chi connectivity index (χ3n) is 6.78. The van der Waals surface area contributed by atoms with Crippen LogP contribution in [0.1, 0.15) is 50.0 Å². The van der Waals surface area contributed by atoms with Gasteiger partial charge >= 0.3 is 0 Å². The fourth-order valence-electron chi connectivity index (χ4n) is 4.56. The minimum atomic E-state index is -1.12. The fraction of sp³-hybridized carbons (Fsp3) is 0.444. The van der Waals surface area contributed by atoms with E-state index in [4.69, 9.17) is 11.6 Å². The number of likely N-dealkylation sites (tertiary alicyclic amines) is 1. The van der Waals surface area contributed by atoms with Gasteiger partial charge in [-0.05, 0) is 42.2 Å². The molecule has 2 aromatic rings. The molecule has 1 heterocycles. The Balaban J connectivity index is 1.64. The highest BCUT2D eigenvalue weighted by molar-refractivity contribution is 6.30. The van der Waals surface area contributed by atoms with Gasteiger partial charge in [-0.2, -0.15) is 0 Å². The quantitative estimate of drug-likeness (QED) is 0.544. The molecule has 0 aromatic heterocycles. The second-order valence-electron chi connectivity index (χ2n) is 10.1. The van der Waals surface area contributed by atoms with Gasteiger partial charge < -0.3 is 20.6 Å². The minimum absolute atomic E-state index is 0.156. The summed E-state index contributed by atoms with van der Waals surface area (Å²) in [6.07, 6.45) is 0.360. The Hall–Kier alpha value is -2.90. The number of rotatable bonds is 7. The molecule has 0 aliphatic carbocycles. The molecule has 0 radical (unpaired) electrons. The highest BCUT2D eigenvalue weighted by atomic mass is 35.5. The molecule has 0 bridgehead atoms. The second-order valence-corrected chi connectivity index (χ2v) is 10.5. The van der Waals surface area contributed by atoms with Crippen LogP contribution in [0.4, 0.5) is 0 Å². The molecule has 0 spiro atoms. The lowest BCUT2D eigenvalue weighted by Gasteiger charge is -2.51. The van der Waals surface area contributed by atoms with E-state index in [1.165, 1.54) is 0 Å². The highest BCUT2D eigenvalue weighted by Gasteiger charge is 2.50. The Labute approximate surface area is 211 Å². The molecule has 1 saturated heterocycles. The van der Waals surface area contributed by atoms with Gasteiger partial charge in [0.1, 0.15) is 6.04 Å². The maximum atomic E-state index is 13.4. The van der Waals surface area contributed by atoms with E-state index in [-0.39, 0.29) is 24.3 Å². The first-order valence-electron chi connectivity index (χ1n) is 11.8. The molecule has 188 valence electrons. The van der Waals surface area contributed by atoms with Crippen LogP contribution < -0.4 is 10.6 Å². The van der Waals surface area contributed by atoms with Crippen molar-refractivity contribution in [3.8, 4) is 0 Å². The van der Waals surface area contributed by atoms with Gasteiger partial charge in [0.15, 0.2) is 0 Å². The summed E-state index contributed by atoms with van der Waals surface area (Å²) in [7, 11) is 0. The van der Waals surface area contributed by atoms with Gasteiger partial charge in [0.25, 0.3) is 5.91 Å². The van der Waals surface area contributed by atoms with Crippen molar-refractivity contribution >= 4 is 29.3 Å². The Morgan fingerprint density at radius 2 is 1.69 bits per heavy atom. The van der Waals surface area contributed by atoms with Gasteiger partial charge in [0.2, 0.25) is 11.8 Å². The Kier molecular flexibility index (Phi) is 8.23. The van der Waals surface area contributed by atoms with Gasteiger partial charge in [-0.15, -0.1) is 0 Å². The molecule has 7 nitrogen and oxygen atoms in total. The minimum Gasteiger partial charge on any atom is -0.384 e. The monoisotopic (exact) mass is 499 g/mol. The molecule has 3 rings (SSSR count). The summed E-state index contributed by atoms with van der Waals surface area (Å²) in [5, 5.41) is 17.5.